The quantitative estimate of drug-likeness (QED) is 0.718. The van der Waals surface area contributed by atoms with Crippen LogP contribution in [0.3, 0.4) is 0 Å². The molecule has 6 nitrogen and oxygen atoms in total. The Morgan fingerprint density at radius 3 is 2.96 bits per heavy atom. The van der Waals surface area contributed by atoms with Gasteiger partial charge in [-0.2, -0.15) is 0 Å². The molecule has 9 heteroatoms. The molecule has 0 saturated heterocycles. The Hall–Kier alpha value is -1.90. The third-order valence-electron chi connectivity index (χ3n) is 3.00. The van der Waals surface area contributed by atoms with Gasteiger partial charge in [-0.3, -0.25) is 14.2 Å². The highest BCUT2D eigenvalue weighted by molar-refractivity contribution is 8.00. The first kappa shape index (κ1) is 16.0. The lowest BCUT2D eigenvalue weighted by Crippen LogP contribution is -2.27. The van der Waals surface area contributed by atoms with E-state index in [9.17, 15) is 9.59 Å². The lowest BCUT2D eigenvalue weighted by molar-refractivity contribution is -0.116. The zero-order valence-corrected chi connectivity index (χ0v) is 14.3. The standard InChI is InChI=1S/C14H11ClN4O2S2/c1-22-14-18-12-11(23-14)13(21)19(7-16-12)6-10(20)17-9-5-3-2-4-8(9)15/h2-5,7H,6H2,1H3,(H,17,20). The van der Waals surface area contributed by atoms with Crippen molar-refractivity contribution >= 4 is 56.6 Å². The van der Waals surface area contributed by atoms with E-state index >= 15 is 0 Å². The predicted molar refractivity (Wildman–Crippen MR) is 93.5 cm³/mol. The topological polar surface area (TPSA) is 76.9 Å². The maximum Gasteiger partial charge on any atom is 0.273 e. The van der Waals surface area contributed by atoms with Crippen LogP contribution in [0.1, 0.15) is 0 Å². The molecule has 0 atom stereocenters. The summed E-state index contributed by atoms with van der Waals surface area (Å²) in [6.07, 6.45) is 3.22. The smallest absolute Gasteiger partial charge is 0.273 e. The minimum Gasteiger partial charge on any atom is -0.323 e. The second-order valence-corrected chi connectivity index (χ2v) is 7.00. The number of aromatic nitrogens is 3. The van der Waals surface area contributed by atoms with Crippen molar-refractivity contribution in [3.63, 3.8) is 0 Å². The van der Waals surface area contributed by atoms with Gasteiger partial charge in [-0.15, -0.1) is 11.3 Å². The van der Waals surface area contributed by atoms with E-state index in [2.05, 4.69) is 15.3 Å². The SMILES string of the molecule is CSc1nc2ncn(CC(=O)Nc3ccccc3Cl)c(=O)c2s1. The first-order valence-corrected chi connectivity index (χ1v) is 8.95. The molecular formula is C14H11ClN4O2S2. The zero-order valence-electron chi connectivity index (χ0n) is 11.9. The van der Waals surface area contributed by atoms with Gasteiger partial charge in [0.05, 0.1) is 10.7 Å². The highest BCUT2D eigenvalue weighted by atomic mass is 35.5. The van der Waals surface area contributed by atoms with Crippen LogP contribution in [0.25, 0.3) is 10.3 Å². The fourth-order valence-electron chi connectivity index (χ4n) is 1.93. The van der Waals surface area contributed by atoms with Crippen molar-refractivity contribution in [3.05, 3.63) is 46.0 Å². The van der Waals surface area contributed by atoms with E-state index in [0.29, 0.717) is 21.1 Å². The van der Waals surface area contributed by atoms with Gasteiger partial charge in [0.15, 0.2) is 9.99 Å². The average Bonchev–Trinajstić information content (AvgIpc) is 2.96. The number of fused-ring (bicyclic) bond motifs is 1. The van der Waals surface area contributed by atoms with E-state index in [4.69, 9.17) is 11.6 Å². The fraction of sp³-hybridized carbons (Fsp3) is 0.143. The van der Waals surface area contributed by atoms with Crippen LogP contribution in [-0.2, 0) is 11.3 Å². The van der Waals surface area contributed by atoms with E-state index in [1.54, 1.807) is 24.3 Å². The molecule has 1 N–H and O–H groups in total. The molecule has 23 heavy (non-hydrogen) atoms. The molecule has 0 radical (unpaired) electrons. The van der Waals surface area contributed by atoms with Crippen molar-refractivity contribution in [2.45, 2.75) is 10.9 Å². The van der Waals surface area contributed by atoms with Crippen molar-refractivity contribution in [1.29, 1.82) is 0 Å². The molecule has 0 unspecified atom stereocenters. The van der Waals surface area contributed by atoms with Crippen molar-refractivity contribution in [2.75, 3.05) is 11.6 Å². The molecule has 118 valence electrons. The van der Waals surface area contributed by atoms with Crippen molar-refractivity contribution in [3.8, 4) is 0 Å². The number of rotatable bonds is 4. The number of amides is 1. The van der Waals surface area contributed by atoms with E-state index in [-0.39, 0.29) is 18.0 Å². The van der Waals surface area contributed by atoms with E-state index < -0.39 is 0 Å². The number of hydrogen-bond donors (Lipinski definition) is 1. The monoisotopic (exact) mass is 366 g/mol. The number of carbonyl (C=O) groups is 1. The largest absolute Gasteiger partial charge is 0.323 e. The lowest BCUT2D eigenvalue weighted by atomic mass is 10.3. The van der Waals surface area contributed by atoms with Crippen LogP contribution in [0.4, 0.5) is 5.69 Å². The Kier molecular flexibility index (Phi) is 4.65. The van der Waals surface area contributed by atoms with Gasteiger partial charge in [0.1, 0.15) is 17.6 Å². The van der Waals surface area contributed by atoms with E-state index in [1.807, 2.05) is 6.26 Å². The number of thioether (sulfide) groups is 1. The zero-order chi connectivity index (χ0) is 16.4. The highest BCUT2D eigenvalue weighted by Gasteiger charge is 2.13. The van der Waals surface area contributed by atoms with E-state index in [1.165, 1.54) is 34.0 Å². The van der Waals surface area contributed by atoms with Crippen LogP contribution < -0.4 is 10.9 Å². The van der Waals surface area contributed by atoms with Crippen molar-refractivity contribution in [1.82, 2.24) is 14.5 Å². The third kappa shape index (κ3) is 3.39. The van der Waals surface area contributed by atoms with Crippen LogP contribution in [0.5, 0.6) is 0 Å². The molecule has 0 aliphatic carbocycles. The number of benzene rings is 1. The molecule has 0 aliphatic heterocycles. The van der Waals surface area contributed by atoms with Gasteiger partial charge in [0.25, 0.3) is 5.56 Å². The Morgan fingerprint density at radius 2 is 2.22 bits per heavy atom. The first-order chi connectivity index (χ1) is 11.1. The molecule has 1 aromatic carbocycles. The summed E-state index contributed by atoms with van der Waals surface area (Å²) in [4.78, 5) is 32.9. The summed E-state index contributed by atoms with van der Waals surface area (Å²) in [6, 6.07) is 6.91. The summed E-state index contributed by atoms with van der Waals surface area (Å²) in [5, 5.41) is 3.11. The Balaban J connectivity index is 1.84. The van der Waals surface area contributed by atoms with E-state index in [0.717, 1.165) is 4.34 Å². The molecule has 0 fully saturated rings. The Morgan fingerprint density at radius 1 is 1.43 bits per heavy atom. The summed E-state index contributed by atoms with van der Waals surface area (Å²) < 4.78 is 2.47. The number of halogens is 1. The van der Waals surface area contributed by atoms with Crippen LogP contribution in [0, 0.1) is 0 Å². The fourth-order valence-corrected chi connectivity index (χ4v) is 3.58. The molecular weight excluding hydrogens is 356 g/mol. The average molecular weight is 367 g/mol. The Labute approximate surface area is 144 Å². The highest BCUT2D eigenvalue weighted by Crippen LogP contribution is 2.24. The van der Waals surface area contributed by atoms with Crippen LogP contribution in [0.2, 0.25) is 5.02 Å². The number of nitrogens with one attached hydrogen (secondary N) is 1. The maximum absolute atomic E-state index is 12.4. The van der Waals surface area contributed by atoms with Gasteiger partial charge in [-0.1, -0.05) is 35.5 Å². The summed E-state index contributed by atoms with van der Waals surface area (Å²) >= 11 is 8.72. The van der Waals surface area contributed by atoms with Crippen molar-refractivity contribution < 1.29 is 4.79 Å². The number of hydrogen-bond acceptors (Lipinski definition) is 6. The normalized spacial score (nSPS) is 10.9. The number of nitrogens with zero attached hydrogens (tertiary/aromatic N) is 3. The molecule has 0 saturated carbocycles. The second-order valence-electron chi connectivity index (χ2n) is 4.54. The van der Waals surface area contributed by atoms with Gasteiger partial charge >= 0.3 is 0 Å². The van der Waals surface area contributed by atoms with Gasteiger partial charge in [-0.25, -0.2) is 9.97 Å². The number of carbonyl (C=O) groups excluding carboxylic acids is 1. The maximum atomic E-state index is 12.4. The molecule has 2 heterocycles. The molecule has 0 aliphatic rings. The minimum absolute atomic E-state index is 0.139. The lowest BCUT2D eigenvalue weighted by Gasteiger charge is -2.08. The van der Waals surface area contributed by atoms with Gasteiger partial charge < -0.3 is 5.32 Å². The second kappa shape index (κ2) is 6.69. The molecule has 3 aromatic rings. The summed E-state index contributed by atoms with van der Waals surface area (Å²) in [5.41, 5.74) is 0.637. The first-order valence-electron chi connectivity index (χ1n) is 6.53. The minimum atomic E-state index is -0.351. The van der Waals surface area contributed by atoms with Crippen LogP contribution in [-0.4, -0.2) is 26.7 Å². The molecule has 2 aromatic heterocycles. The number of para-hydroxylation sites is 1. The number of thiazole rings is 1. The Bertz CT molecular complexity index is 938. The molecule has 3 rings (SSSR count). The summed E-state index contributed by atoms with van der Waals surface area (Å²) in [7, 11) is 0. The molecule has 0 spiro atoms. The van der Waals surface area contributed by atoms with Crippen molar-refractivity contribution in [2.24, 2.45) is 0 Å². The van der Waals surface area contributed by atoms with Crippen LogP contribution in [0.15, 0.2) is 39.7 Å². The van der Waals surface area contributed by atoms with Crippen LogP contribution >= 0.6 is 34.7 Å². The van der Waals surface area contributed by atoms with Gasteiger partial charge in [0.2, 0.25) is 5.91 Å². The summed E-state index contributed by atoms with van der Waals surface area (Å²) in [5.74, 6) is -0.351. The predicted octanol–water partition coefficient (Wildman–Crippen LogP) is 2.87. The third-order valence-corrected chi connectivity index (χ3v) is 5.35. The van der Waals surface area contributed by atoms with Gasteiger partial charge in [0, 0.05) is 0 Å². The molecule has 0 bridgehead atoms. The molecule has 1 amide bonds. The number of anilines is 1. The van der Waals surface area contributed by atoms with Gasteiger partial charge in [-0.05, 0) is 18.4 Å². The summed E-state index contributed by atoms with van der Waals surface area (Å²) in [6.45, 7) is -0.139.